The number of anilines is 3. The van der Waals surface area contributed by atoms with Crippen LogP contribution in [0.15, 0.2) is 231 Å². The average molecular weight is 715 g/mol. The van der Waals surface area contributed by atoms with Crippen molar-refractivity contribution in [2.75, 3.05) is 4.90 Å². The molecule has 0 saturated carbocycles. The van der Waals surface area contributed by atoms with Crippen molar-refractivity contribution in [1.82, 2.24) is 4.57 Å². The first-order chi connectivity index (χ1) is 27.8. The van der Waals surface area contributed by atoms with Crippen LogP contribution in [0, 0.1) is 0 Å². The summed E-state index contributed by atoms with van der Waals surface area (Å²) in [6.07, 6.45) is 0. The first-order valence-electron chi connectivity index (χ1n) is 19.2. The lowest BCUT2D eigenvalue weighted by atomic mass is 9.97. The molecule has 0 spiro atoms. The van der Waals surface area contributed by atoms with E-state index < -0.39 is 0 Å². The maximum Gasteiger partial charge on any atom is 0.0562 e. The molecule has 0 amide bonds. The number of para-hydroxylation sites is 3. The molecule has 264 valence electrons. The van der Waals surface area contributed by atoms with Crippen LogP contribution < -0.4 is 4.90 Å². The van der Waals surface area contributed by atoms with Gasteiger partial charge in [-0.1, -0.05) is 182 Å². The lowest BCUT2D eigenvalue weighted by Crippen LogP contribution is -2.11. The van der Waals surface area contributed by atoms with Gasteiger partial charge < -0.3 is 9.47 Å². The van der Waals surface area contributed by atoms with Gasteiger partial charge >= 0.3 is 0 Å². The highest BCUT2D eigenvalue weighted by molar-refractivity contribution is 6.17. The van der Waals surface area contributed by atoms with E-state index in [9.17, 15) is 0 Å². The Kier molecular flexibility index (Phi) is 8.55. The van der Waals surface area contributed by atoms with E-state index in [0.717, 1.165) is 39.3 Å². The second-order valence-electron chi connectivity index (χ2n) is 14.1. The van der Waals surface area contributed by atoms with Gasteiger partial charge in [-0.25, -0.2) is 0 Å². The predicted octanol–water partition coefficient (Wildman–Crippen LogP) is 14.9. The van der Waals surface area contributed by atoms with Crippen LogP contribution in [0.1, 0.15) is 0 Å². The Hall–Kier alpha value is -7.42. The first kappa shape index (κ1) is 33.2. The number of hydrogen-bond acceptors (Lipinski definition) is 1. The lowest BCUT2D eigenvalue weighted by molar-refractivity contribution is 1.18. The summed E-state index contributed by atoms with van der Waals surface area (Å²) < 4.78 is 2.47. The first-order valence-corrected chi connectivity index (χ1v) is 19.2. The standard InChI is InChI=1S/C54H38N2/c1-5-19-39(20-6-1)42-25-17-26-44(37-42)46-29-13-15-31-49(46)55(45-27-11-4-12-28-45)51-33-18-34-52-54(51)48-30-14-16-32-50(48)56(52)53-38-43(40-21-7-2-8-22-40)35-36-47(53)41-23-9-3-10-24-41/h1-38H. The molecule has 0 fully saturated rings. The summed E-state index contributed by atoms with van der Waals surface area (Å²) in [6.45, 7) is 0. The smallest absolute Gasteiger partial charge is 0.0562 e. The maximum absolute atomic E-state index is 2.47. The molecule has 9 aromatic carbocycles. The molecule has 0 saturated heterocycles. The van der Waals surface area contributed by atoms with E-state index in [1.165, 1.54) is 49.7 Å². The average Bonchev–Trinajstić information content (AvgIpc) is 3.63. The fraction of sp³-hybridized carbons (Fsp3) is 0. The third kappa shape index (κ3) is 5.95. The number of aromatic nitrogens is 1. The monoisotopic (exact) mass is 714 g/mol. The molecule has 1 aromatic heterocycles. The second kappa shape index (κ2) is 14.4. The highest BCUT2D eigenvalue weighted by Crippen LogP contribution is 2.47. The van der Waals surface area contributed by atoms with Crippen molar-refractivity contribution >= 4 is 38.9 Å². The van der Waals surface area contributed by atoms with Gasteiger partial charge in [0.1, 0.15) is 0 Å². The Morgan fingerprint density at radius 1 is 0.304 bits per heavy atom. The quantitative estimate of drug-likeness (QED) is 0.152. The van der Waals surface area contributed by atoms with Crippen molar-refractivity contribution in [2.24, 2.45) is 0 Å². The van der Waals surface area contributed by atoms with Crippen molar-refractivity contribution in [2.45, 2.75) is 0 Å². The number of fused-ring (bicyclic) bond motifs is 3. The fourth-order valence-corrected chi connectivity index (χ4v) is 8.23. The number of rotatable bonds is 8. The van der Waals surface area contributed by atoms with E-state index in [-0.39, 0.29) is 0 Å². The summed E-state index contributed by atoms with van der Waals surface area (Å²) >= 11 is 0. The van der Waals surface area contributed by atoms with E-state index in [1.807, 2.05) is 0 Å². The largest absolute Gasteiger partial charge is 0.309 e. The third-order valence-electron chi connectivity index (χ3n) is 10.8. The zero-order valence-electron chi connectivity index (χ0n) is 30.8. The normalized spacial score (nSPS) is 11.2. The molecule has 0 aliphatic carbocycles. The van der Waals surface area contributed by atoms with Crippen LogP contribution in [0.3, 0.4) is 0 Å². The number of nitrogens with zero attached hydrogens (tertiary/aromatic N) is 2. The van der Waals surface area contributed by atoms with Gasteiger partial charge in [0.15, 0.2) is 0 Å². The number of hydrogen-bond donors (Lipinski definition) is 0. The van der Waals surface area contributed by atoms with Crippen LogP contribution in [0.5, 0.6) is 0 Å². The summed E-state index contributed by atoms with van der Waals surface area (Å²) in [5.41, 5.74) is 16.3. The van der Waals surface area contributed by atoms with Gasteiger partial charge in [-0.05, 0) is 81.9 Å². The molecule has 10 aromatic rings. The van der Waals surface area contributed by atoms with Gasteiger partial charge in [-0.15, -0.1) is 0 Å². The minimum absolute atomic E-state index is 1.10. The molecule has 0 bridgehead atoms. The summed E-state index contributed by atoms with van der Waals surface area (Å²) in [4.78, 5) is 2.45. The van der Waals surface area contributed by atoms with Crippen LogP contribution >= 0.6 is 0 Å². The zero-order chi connectivity index (χ0) is 37.3. The van der Waals surface area contributed by atoms with E-state index in [2.05, 4.69) is 240 Å². The van der Waals surface area contributed by atoms with E-state index >= 15 is 0 Å². The van der Waals surface area contributed by atoms with Crippen LogP contribution in [-0.2, 0) is 0 Å². The van der Waals surface area contributed by atoms with Gasteiger partial charge in [0.2, 0.25) is 0 Å². The molecule has 0 atom stereocenters. The number of benzene rings is 9. The molecular weight excluding hydrogens is 677 g/mol. The van der Waals surface area contributed by atoms with Crippen LogP contribution in [0.25, 0.3) is 72.0 Å². The lowest BCUT2D eigenvalue weighted by Gasteiger charge is -2.29. The molecule has 1 heterocycles. The highest BCUT2D eigenvalue weighted by atomic mass is 15.2. The maximum atomic E-state index is 2.47. The molecule has 0 aliphatic heterocycles. The highest BCUT2D eigenvalue weighted by Gasteiger charge is 2.24. The van der Waals surface area contributed by atoms with Gasteiger partial charge in [-0.2, -0.15) is 0 Å². The minimum Gasteiger partial charge on any atom is -0.309 e. The van der Waals surface area contributed by atoms with Crippen molar-refractivity contribution < 1.29 is 0 Å². The molecule has 56 heavy (non-hydrogen) atoms. The van der Waals surface area contributed by atoms with Crippen LogP contribution in [-0.4, -0.2) is 4.57 Å². The van der Waals surface area contributed by atoms with E-state index in [1.54, 1.807) is 0 Å². The molecule has 2 heteroatoms. The molecule has 0 N–H and O–H groups in total. The molecule has 2 nitrogen and oxygen atoms in total. The van der Waals surface area contributed by atoms with Crippen molar-refractivity contribution in [3.05, 3.63) is 231 Å². The van der Waals surface area contributed by atoms with E-state index in [4.69, 9.17) is 0 Å². The minimum atomic E-state index is 1.10. The molecule has 0 unspecified atom stereocenters. The molecule has 0 radical (unpaired) electrons. The van der Waals surface area contributed by atoms with Crippen LogP contribution in [0.2, 0.25) is 0 Å². The summed E-state index contributed by atoms with van der Waals surface area (Å²) in [5.74, 6) is 0. The summed E-state index contributed by atoms with van der Waals surface area (Å²) in [5, 5.41) is 2.40. The van der Waals surface area contributed by atoms with Gasteiger partial charge in [0.05, 0.1) is 28.1 Å². The van der Waals surface area contributed by atoms with Gasteiger partial charge in [0, 0.05) is 27.6 Å². The zero-order valence-corrected chi connectivity index (χ0v) is 30.8. The Balaban J connectivity index is 1.24. The van der Waals surface area contributed by atoms with Gasteiger partial charge in [-0.3, -0.25) is 0 Å². The second-order valence-corrected chi connectivity index (χ2v) is 14.1. The molecule has 10 rings (SSSR count). The van der Waals surface area contributed by atoms with Crippen molar-refractivity contribution in [3.8, 4) is 50.2 Å². The van der Waals surface area contributed by atoms with Crippen molar-refractivity contribution in [1.29, 1.82) is 0 Å². The Labute approximate surface area is 327 Å². The Morgan fingerprint density at radius 3 is 1.55 bits per heavy atom. The SMILES string of the molecule is c1ccc(-c2cccc(-c3ccccc3N(c3ccccc3)c3cccc4c3c3ccccc3n4-c3cc(-c4ccccc4)ccc3-c3ccccc3)c2)cc1. The summed E-state index contributed by atoms with van der Waals surface area (Å²) in [7, 11) is 0. The molecular formula is C54H38N2. The Morgan fingerprint density at radius 2 is 0.821 bits per heavy atom. The molecule has 0 aliphatic rings. The Bertz CT molecular complexity index is 2950. The van der Waals surface area contributed by atoms with Crippen molar-refractivity contribution in [3.63, 3.8) is 0 Å². The fourth-order valence-electron chi connectivity index (χ4n) is 8.23. The third-order valence-corrected chi connectivity index (χ3v) is 10.8. The van der Waals surface area contributed by atoms with E-state index in [0.29, 0.717) is 0 Å². The van der Waals surface area contributed by atoms with Crippen LogP contribution in [0.4, 0.5) is 17.1 Å². The predicted molar refractivity (Wildman–Crippen MR) is 237 cm³/mol. The van der Waals surface area contributed by atoms with Gasteiger partial charge in [0.25, 0.3) is 0 Å². The summed E-state index contributed by atoms with van der Waals surface area (Å²) in [6, 6.07) is 83.1. The topological polar surface area (TPSA) is 8.17 Å².